The van der Waals surface area contributed by atoms with E-state index in [0.717, 1.165) is 5.56 Å². The topological polar surface area (TPSA) is 84.3 Å². The monoisotopic (exact) mass is 239 g/mol. The summed E-state index contributed by atoms with van der Waals surface area (Å²) in [6, 6.07) is 0. The molecule has 0 spiro atoms. The first-order chi connectivity index (χ1) is 8.06. The van der Waals surface area contributed by atoms with E-state index in [0.29, 0.717) is 24.8 Å². The Labute approximate surface area is 100 Å². The summed E-state index contributed by atoms with van der Waals surface area (Å²) in [6.07, 6.45) is 1.39. The lowest BCUT2D eigenvalue weighted by Gasteiger charge is -2.12. The van der Waals surface area contributed by atoms with Crippen LogP contribution in [0, 0.1) is 12.8 Å². The Hall–Kier alpha value is -1.85. The number of anilines is 1. The molecule has 1 aromatic rings. The Kier molecular flexibility index (Phi) is 4.68. The lowest BCUT2D eigenvalue weighted by atomic mass is 10.2. The standard InChI is InChI=1S/C11H17N3O3/c1-4-17-10-8(3)9(13-6-14-10)12-5-7(2)11(15)16/h6-7H,4-5H2,1-3H3,(H,15,16)(H,12,13,14). The van der Waals surface area contributed by atoms with Crippen molar-refractivity contribution in [2.24, 2.45) is 5.92 Å². The zero-order valence-electron chi connectivity index (χ0n) is 10.2. The largest absolute Gasteiger partial charge is 0.481 e. The summed E-state index contributed by atoms with van der Waals surface area (Å²) >= 11 is 0. The molecule has 94 valence electrons. The molecule has 1 heterocycles. The van der Waals surface area contributed by atoms with Crippen molar-refractivity contribution in [3.05, 3.63) is 11.9 Å². The first-order valence-corrected chi connectivity index (χ1v) is 5.47. The number of carboxylic acid groups (broad SMARTS) is 1. The average molecular weight is 239 g/mol. The van der Waals surface area contributed by atoms with E-state index in [2.05, 4.69) is 15.3 Å². The molecule has 0 aliphatic heterocycles. The van der Waals surface area contributed by atoms with E-state index in [-0.39, 0.29) is 0 Å². The van der Waals surface area contributed by atoms with Crippen molar-refractivity contribution >= 4 is 11.8 Å². The predicted octanol–water partition coefficient (Wildman–Crippen LogP) is 1.32. The number of carbonyl (C=O) groups is 1. The summed E-state index contributed by atoms with van der Waals surface area (Å²) in [5.74, 6) is -0.182. The second-order valence-corrected chi connectivity index (χ2v) is 3.71. The Morgan fingerprint density at radius 2 is 2.29 bits per heavy atom. The van der Waals surface area contributed by atoms with Crippen molar-refractivity contribution in [1.82, 2.24) is 9.97 Å². The van der Waals surface area contributed by atoms with Crippen LogP contribution in [0.1, 0.15) is 19.4 Å². The number of hydrogen-bond acceptors (Lipinski definition) is 5. The Balaban J connectivity index is 2.71. The van der Waals surface area contributed by atoms with Crippen LogP contribution < -0.4 is 10.1 Å². The van der Waals surface area contributed by atoms with Crippen LogP contribution in [-0.4, -0.2) is 34.2 Å². The molecular weight excluding hydrogens is 222 g/mol. The lowest BCUT2D eigenvalue weighted by Crippen LogP contribution is -2.20. The summed E-state index contributed by atoms with van der Waals surface area (Å²) in [6.45, 7) is 6.19. The highest BCUT2D eigenvalue weighted by Crippen LogP contribution is 2.20. The molecule has 6 heteroatoms. The fraction of sp³-hybridized carbons (Fsp3) is 0.545. The highest BCUT2D eigenvalue weighted by molar-refractivity contribution is 5.70. The summed E-state index contributed by atoms with van der Waals surface area (Å²) in [5.41, 5.74) is 0.784. The van der Waals surface area contributed by atoms with Crippen molar-refractivity contribution in [1.29, 1.82) is 0 Å². The molecule has 17 heavy (non-hydrogen) atoms. The number of carboxylic acids is 1. The fourth-order valence-electron chi connectivity index (χ4n) is 1.23. The quantitative estimate of drug-likeness (QED) is 0.778. The molecule has 1 aromatic heterocycles. The molecule has 0 aromatic carbocycles. The smallest absolute Gasteiger partial charge is 0.308 e. The molecule has 0 amide bonds. The maximum atomic E-state index is 10.7. The van der Waals surface area contributed by atoms with Gasteiger partial charge in [-0.2, -0.15) is 0 Å². The van der Waals surface area contributed by atoms with Gasteiger partial charge < -0.3 is 15.2 Å². The molecule has 0 bridgehead atoms. The first kappa shape index (κ1) is 13.2. The third-order valence-corrected chi connectivity index (χ3v) is 2.32. The lowest BCUT2D eigenvalue weighted by molar-refractivity contribution is -0.140. The third-order valence-electron chi connectivity index (χ3n) is 2.32. The van der Waals surface area contributed by atoms with E-state index in [4.69, 9.17) is 9.84 Å². The van der Waals surface area contributed by atoms with Crippen LogP contribution in [0.5, 0.6) is 5.88 Å². The van der Waals surface area contributed by atoms with Crippen LogP contribution in [0.3, 0.4) is 0 Å². The van der Waals surface area contributed by atoms with Crippen LogP contribution in [0.4, 0.5) is 5.82 Å². The van der Waals surface area contributed by atoms with E-state index in [1.807, 2.05) is 13.8 Å². The minimum Gasteiger partial charge on any atom is -0.481 e. The van der Waals surface area contributed by atoms with Gasteiger partial charge in [0.05, 0.1) is 18.1 Å². The highest BCUT2D eigenvalue weighted by atomic mass is 16.5. The Morgan fingerprint density at radius 3 is 2.88 bits per heavy atom. The SMILES string of the molecule is CCOc1ncnc(NCC(C)C(=O)O)c1C. The van der Waals surface area contributed by atoms with Crippen molar-refractivity contribution in [3.8, 4) is 5.88 Å². The highest BCUT2D eigenvalue weighted by Gasteiger charge is 2.12. The fourth-order valence-corrected chi connectivity index (χ4v) is 1.23. The van der Waals surface area contributed by atoms with Gasteiger partial charge in [0.2, 0.25) is 5.88 Å². The molecular formula is C11H17N3O3. The van der Waals surface area contributed by atoms with Gasteiger partial charge in [0, 0.05) is 6.54 Å². The average Bonchev–Trinajstić information content (AvgIpc) is 2.30. The summed E-state index contributed by atoms with van der Waals surface area (Å²) in [7, 11) is 0. The van der Waals surface area contributed by atoms with Gasteiger partial charge in [0.1, 0.15) is 12.1 Å². The Morgan fingerprint density at radius 1 is 1.59 bits per heavy atom. The Bertz CT molecular complexity index is 396. The number of aromatic nitrogens is 2. The molecule has 1 rings (SSSR count). The van der Waals surface area contributed by atoms with E-state index in [9.17, 15) is 4.79 Å². The number of aliphatic carboxylic acids is 1. The number of nitrogens with one attached hydrogen (secondary N) is 1. The van der Waals surface area contributed by atoms with Gasteiger partial charge in [0.15, 0.2) is 0 Å². The second kappa shape index (κ2) is 6.03. The summed E-state index contributed by atoms with van der Waals surface area (Å²) < 4.78 is 5.32. The van der Waals surface area contributed by atoms with E-state index in [1.165, 1.54) is 6.33 Å². The minimum atomic E-state index is -0.839. The van der Waals surface area contributed by atoms with Gasteiger partial charge in [-0.3, -0.25) is 4.79 Å². The first-order valence-electron chi connectivity index (χ1n) is 5.47. The molecule has 0 aliphatic carbocycles. The normalized spacial score (nSPS) is 11.9. The third kappa shape index (κ3) is 3.58. The van der Waals surface area contributed by atoms with E-state index < -0.39 is 11.9 Å². The van der Waals surface area contributed by atoms with Crippen molar-refractivity contribution in [3.63, 3.8) is 0 Å². The molecule has 6 nitrogen and oxygen atoms in total. The number of hydrogen-bond donors (Lipinski definition) is 2. The zero-order valence-corrected chi connectivity index (χ0v) is 10.2. The van der Waals surface area contributed by atoms with E-state index >= 15 is 0 Å². The van der Waals surface area contributed by atoms with E-state index in [1.54, 1.807) is 6.92 Å². The van der Waals surface area contributed by atoms with Crippen molar-refractivity contribution in [2.75, 3.05) is 18.5 Å². The maximum absolute atomic E-state index is 10.7. The molecule has 0 radical (unpaired) electrons. The molecule has 0 saturated heterocycles. The van der Waals surface area contributed by atoms with Crippen LogP contribution in [0.2, 0.25) is 0 Å². The van der Waals surface area contributed by atoms with Gasteiger partial charge in [-0.05, 0) is 13.8 Å². The zero-order chi connectivity index (χ0) is 12.8. The van der Waals surface area contributed by atoms with Gasteiger partial charge in [-0.25, -0.2) is 9.97 Å². The van der Waals surface area contributed by atoms with Crippen molar-refractivity contribution < 1.29 is 14.6 Å². The van der Waals surface area contributed by atoms with Crippen LogP contribution >= 0.6 is 0 Å². The molecule has 0 saturated carbocycles. The summed E-state index contributed by atoms with van der Waals surface area (Å²) in [4.78, 5) is 18.7. The molecule has 1 unspecified atom stereocenters. The molecule has 0 aliphatic rings. The minimum absolute atomic E-state index is 0.318. The van der Waals surface area contributed by atoms with Gasteiger partial charge >= 0.3 is 5.97 Å². The van der Waals surface area contributed by atoms with Gasteiger partial charge in [0.25, 0.3) is 0 Å². The van der Waals surface area contributed by atoms with Gasteiger partial charge in [-0.15, -0.1) is 0 Å². The summed E-state index contributed by atoms with van der Waals surface area (Å²) in [5, 5.41) is 11.8. The maximum Gasteiger partial charge on any atom is 0.308 e. The van der Waals surface area contributed by atoms with Crippen molar-refractivity contribution in [2.45, 2.75) is 20.8 Å². The molecule has 2 N–H and O–H groups in total. The second-order valence-electron chi connectivity index (χ2n) is 3.71. The van der Waals surface area contributed by atoms with Crippen LogP contribution in [0.25, 0.3) is 0 Å². The molecule has 1 atom stereocenters. The molecule has 0 fully saturated rings. The number of ether oxygens (including phenoxy) is 1. The number of nitrogens with zero attached hydrogens (tertiary/aromatic N) is 2. The van der Waals surface area contributed by atoms with Crippen LogP contribution in [0.15, 0.2) is 6.33 Å². The van der Waals surface area contributed by atoms with Crippen LogP contribution in [-0.2, 0) is 4.79 Å². The van der Waals surface area contributed by atoms with Gasteiger partial charge in [-0.1, -0.05) is 6.92 Å². The predicted molar refractivity (Wildman–Crippen MR) is 63.2 cm³/mol. The number of rotatable bonds is 6.